The number of fused-ring (bicyclic) bond motifs is 1. The van der Waals surface area contributed by atoms with Gasteiger partial charge < -0.3 is 4.90 Å². The van der Waals surface area contributed by atoms with Crippen LogP contribution in [0.4, 0.5) is 14.6 Å². The summed E-state index contributed by atoms with van der Waals surface area (Å²) in [5.74, 6) is -0.515. The number of halogens is 2. The van der Waals surface area contributed by atoms with E-state index in [1.165, 1.54) is 0 Å². The van der Waals surface area contributed by atoms with E-state index in [4.69, 9.17) is 4.98 Å². The lowest BCUT2D eigenvalue weighted by atomic mass is 10.1. The Bertz CT molecular complexity index is 1110. The molecule has 0 amide bonds. The molecule has 0 radical (unpaired) electrons. The second-order valence-electron chi connectivity index (χ2n) is 6.39. The molecule has 27 heavy (non-hydrogen) atoms. The first-order chi connectivity index (χ1) is 13.2. The van der Waals surface area contributed by atoms with Crippen LogP contribution in [0.2, 0.25) is 0 Å². The van der Waals surface area contributed by atoms with Gasteiger partial charge in [-0.1, -0.05) is 0 Å². The molecule has 0 saturated carbocycles. The summed E-state index contributed by atoms with van der Waals surface area (Å²) in [5, 5.41) is 8.53. The normalized spacial score (nSPS) is 17.1. The van der Waals surface area contributed by atoms with Gasteiger partial charge in [-0.3, -0.25) is 0 Å². The van der Waals surface area contributed by atoms with Gasteiger partial charge in [0, 0.05) is 25.1 Å². The Morgan fingerprint density at radius 2 is 1.96 bits per heavy atom. The van der Waals surface area contributed by atoms with E-state index in [2.05, 4.69) is 15.2 Å². The molecule has 1 aliphatic rings. The van der Waals surface area contributed by atoms with Gasteiger partial charge in [-0.05, 0) is 37.1 Å². The monoisotopic (exact) mass is 367 g/mol. The van der Waals surface area contributed by atoms with Crippen LogP contribution in [0, 0.1) is 11.8 Å². The zero-order valence-corrected chi connectivity index (χ0v) is 14.2. The molecule has 0 N–H and O–H groups in total. The minimum absolute atomic E-state index is 0.120. The molecule has 136 valence electrons. The number of hydrogen-bond acceptors (Lipinski definition) is 5. The Kier molecular flexibility index (Phi) is 3.59. The van der Waals surface area contributed by atoms with E-state index in [1.54, 1.807) is 27.8 Å². The van der Waals surface area contributed by atoms with Crippen molar-refractivity contribution in [3.8, 4) is 5.69 Å². The zero-order chi connectivity index (χ0) is 18.4. The fourth-order valence-corrected chi connectivity index (χ4v) is 3.57. The highest BCUT2D eigenvalue weighted by atomic mass is 19.1. The number of rotatable bonds is 3. The molecule has 1 atom stereocenters. The van der Waals surface area contributed by atoms with E-state index in [0.29, 0.717) is 24.4 Å². The summed E-state index contributed by atoms with van der Waals surface area (Å²) < 4.78 is 31.2. The van der Waals surface area contributed by atoms with Crippen LogP contribution in [-0.4, -0.2) is 35.9 Å². The van der Waals surface area contributed by atoms with Gasteiger partial charge in [0.05, 0.1) is 12.2 Å². The third-order valence-electron chi connectivity index (χ3n) is 4.79. The number of hydrogen-bond donors (Lipinski definition) is 0. The van der Waals surface area contributed by atoms with Crippen LogP contribution in [0.5, 0.6) is 0 Å². The Balaban J connectivity index is 1.58. The third-order valence-corrected chi connectivity index (χ3v) is 4.79. The molecule has 1 fully saturated rings. The summed E-state index contributed by atoms with van der Waals surface area (Å²) >= 11 is 0. The summed E-state index contributed by atoms with van der Waals surface area (Å²) in [5.41, 5.74) is 1.50. The van der Waals surface area contributed by atoms with Gasteiger partial charge in [-0.25, -0.2) is 23.6 Å². The Morgan fingerprint density at radius 3 is 2.81 bits per heavy atom. The zero-order valence-electron chi connectivity index (χ0n) is 14.2. The van der Waals surface area contributed by atoms with Gasteiger partial charge in [-0.2, -0.15) is 14.6 Å². The largest absolute Gasteiger partial charge is 0.348 e. The number of anilines is 1. The molecular weight excluding hydrogens is 352 g/mol. The SMILES string of the molecule is Fc1ccc(F)c(C2CCCN2c2ccn3ncc(-n4cccn4)c3n2)n1. The van der Waals surface area contributed by atoms with Gasteiger partial charge in [0.25, 0.3) is 0 Å². The van der Waals surface area contributed by atoms with Crippen molar-refractivity contribution >= 4 is 11.5 Å². The second kappa shape index (κ2) is 6.11. The Hall–Kier alpha value is -3.36. The van der Waals surface area contributed by atoms with Crippen LogP contribution < -0.4 is 4.90 Å². The fraction of sp³-hybridized carbons (Fsp3) is 0.222. The molecule has 7 nitrogen and oxygen atoms in total. The molecule has 1 aliphatic heterocycles. The molecule has 9 heteroatoms. The summed E-state index contributed by atoms with van der Waals surface area (Å²) in [6.45, 7) is 0.691. The topological polar surface area (TPSA) is 64.1 Å². The minimum atomic E-state index is -0.682. The summed E-state index contributed by atoms with van der Waals surface area (Å²) in [4.78, 5) is 10.5. The van der Waals surface area contributed by atoms with Gasteiger partial charge in [0.15, 0.2) is 5.65 Å². The highest BCUT2D eigenvalue weighted by molar-refractivity contribution is 5.61. The predicted octanol–water partition coefficient (Wildman–Crippen LogP) is 2.93. The average molecular weight is 367 g/mol. The number of aromatic nitrogens is 6. The molecule has 0 aliphatic carbocycles. The van der Waals surface area contributed by atoms with E-state index in [9.17, 15) is 8.78 Å². The first-order valence-electron chi connectivity index (χ1n) is 8.64. The van der Waals surface area contributed by atoms with E-state index >= 15 is 0 Å². The van der Waals surface area contributed by atoms with E-state index in [0.717, 1.165) is 24.2 Å². The van der Waals surface area contributed by atoms with Crippen LogP contribution in [-0.2, 0) is 0 Å². The molecule has 0 aromatic carbocycles. The fourth-order valence-electron chi connectivity index (χ4n) is 3.57. The number of nitrogens with zero attached hydrogens (tertiary/aromatic N) is 7. The van der Waals surface area contributed by atoms with Crippen LogP contribution in [0.1, 0.15) is 24.6 Å². The maximum atomic E-state index is 14.3. The molecular formula is C18H15F2N7. The van der Waals surface area contributed by atoms with Crippen LogP contribution in [0.15, 0.2) is 49.1 Å². The maximum absolute atomic E-state index is 14.3. The average Bonchev–Trinajstić information content (AvgIpc) is 3.42. The van der Waals surface area contributed by atoms with Crippen molar-refractivity contribution in [3.63, 3.8) is 0 Å². The standard InChI is InChI=1S/C18H15F2N7/c19-12-4-5-15(20)23-17(12)13-3-1-8-25(13)16-6-10-27-18(24-16)14(11-22-27)26-9-2-7-21-26/h2,4-7,9-11,13H,1,3,8H2. The van der Waals surface area contributed by atoms with Crippen molar-refractivity contribution < 1.29 is 8.78 Å². The smallest absolute Gasteiger partial charge is 0.213 e. The molecule has 4 aromatic heterocycles. The lowest BCUT2D eigenvalue weighted by Crippen LogP contribution is -2.25. The van der Waals surface area contributed by atoms with Crippen molar-refractivity contribution in [3.05, 3.63) is 66.5 Å². The van der Waals surface area contributed by atoms with Gasteiger partial charge in [-0.15, -0.1) is 0 Å². The van der Waals surface area contributed by atoms with E-state index in [-0.39, 0.29) is 11.7 Å². The van der Waals surface area contributed by atoms with E-state index < -0.39 is 11.8 Å². The molecule has 0 bridgehead atoms. The van der Waals surface area contributed by atoms with Crippen molar-refractivity contribution in [1.29, 1.82) is 0 Å². The second-order valence-corrected chi connectivity index (χ2v) is 6.39. The first kappa shape index (κ1) is 15.9. The molecule has 4 aromatic rings. The molecule has 5 rings (SSSR count). The summed E-state index contributed by atoms with van der Waals surface area (Å²) in [7, 11) is 0. The van der Waals surface area contributed by atoms with Crippen LogP contribution in [0.25, 0.3) is 11.3 Å². The van der Waals surface area contributed by atoms with E-state index in [1.807, 2.05) is 23.2 Å². The van der Waals surface area contributed by atoms with Crippen molar-refractivity contribution in [1.82, 2.24) is 29.4 Å². The third kappa shape index (κ3) is 2.62. The van der Waals surface area contributed by atoms with Crippen molar-refractivity contribution in [2.45, 2.75) is 18.9 Å². The molecule has 0 spiro atoms. The quantitative estimate of drug-likeness (QED) is 0.521. The van der Waals surface area contributed by atoms with Crippen LogP contribution in [0.3, 0.4) is 0 Å². The molecule has 5 heterocycles. The maximum Gasteiger partial charge on any atom is 0.213 e. The Labute approximate surface area is 152 Å². The molecule has 1 unspecified atom stereocenters. The summed E-state index contributed by atoms with van der Waals surface area (Å²) in [6, 6.07) is 5.44. The van der Waals surface area contributed by atoms with Gasteiger partial charge in [0.2, 0.25) is 5.95 Å². The predicted molar refractivity (Wildman–Crippen MR) is 93.6 cm³/mol. The van der Waals surface area contributed by atoms with Crippen molar-refractivity contribution in [2.24, 2.45) is 0 Å². The highest BCUT2D eigenvalue weighted by Gasteiger charge is 2.31. The lowest BCUT2D eigenvalue weighted by Gasteiger charge is -2.25. The van der Waals surface area contributed by atoms with Gasteiger partial charge in [0.1, 0.15) is 23.0 Å². The highest BCUT2D eigenvalue weighted by Crippen LogP contribution is 2.35. The lowest BCUT2D eigenvalue weighted by molar-refractivity contribution is 0.518. The Morgan fingerprint density at radius 1 is 1.04 bits per heavy atom. The molecule has 1 saturated heterocycles. The first-order valence-corrected chi connectivity index (χ1v) is 8.64. The van der Waals surface area contributed by atoms with Gasteiger partial charge >= 0.3 is 0 Å². The van der Waals surface area contributed by atoms with Crippen LogP contribution >= 0.6 is 0 Å². The summed E-state index contributed by atoms with van der Waals surface area (Å²) in [6.07, 6.45) is 8.52. The van der Waals surface area contributed by atoms with Crippen molar-refractivity contribution in [2.75, 3.05) is 11.4 Å². The number of pyridine rings is 1. The minimum Gasteiger partial charge on any atom is -0.348 e.